The molecule has 16 heavy (non-hydrogen) atoms. The second-order valence-electron chi connectivity index (χ2n) is 3.80. The molecule has 0 aliphatic carbocycles. The van der Waals surface area contributed by atoms with Crippen molar-refractivity contribution in [2.75, 3.05) is 19.1 Å². The summed E-state index contributed by atoms with van der Waals surface area (Å²) in [6, 6.07) is 7.09. The van der Waals surface area contributed by atoms with Gasteiger partial charge in [0.15, 0.2) is 0 Å². The molecule has 1 aromatic carbocycles. The Hall–Kier alpha value is -1.07. The molecule has 0 bridgehead atoms. The molecule has 0 aliphatic rings. The molecular weight excluding hydrogens is 226 g/mol. The highest BCUT2D eigenvalue weighted by Crippen LogP contribution is 2.18. The molecular formula is C11H17NO3S. The molecule has 1 unspecified atom stereocenters. The van der Waals surface area contributed by atoms with Gasteiger partial charge in [-0.3, -0.25) is 0 Å². The summed E-state index contributed by atoms with van der Waals surface area (Å²) in [5.74, 6) is 0.874. The Balaban J connectivity index is 2.62. The van der Waals surface area contributed by atoms with Crippen LogP contribution in [0.3, 0.4) is 0 Å². The van der Waals surface area contributed by atoms with Crippen molar-refractivity contribution in [1.29, 1.82) is 0 Å². The van der Waals surface area contributed by atoms with E-state index in [1.165, 1.54) is 6.26 Å². The molecule has 5 heteroatoms. The van der Waals surface area contributed by atoms with Crippen LogP contribution in [0.5, 0.6) is 5.75 Å². The van der Waals surface area contributed by atoms with Crippen molar-refractivity contribution in [2.45, 2.75) is 12.5 Å². The average molecular weight is 243 g/mol. The van der Waals surface area contributed by atoms with Crippen LogP contribution >= 0.6 is 0 Å². The van der Waals surface area contributed by atoms with Gasteiger partial charge in [-0.05, 0) is 24.1 Å². The standard InChI is InChI=1S/C11H17NO3S/c1-15-10-5-3-9(4-6-10)11(12)7-8-16(2,13)14/h3-6,11H,7-8,12H2,1-2H3. The Morgan fingerprint density at radius 3 is 2.31 bits per heavy atom. The highest BCUT2D eigenvalue weighted by atomic mass is 32.2. The first-order valence-corrected chi connectivity index (χ1v) is 7.05. The van der Waals surface area contributed by atoms with Crippen LogP contribution in [0.1, 0.15) is 18.0 Å². The fourth-order valence-electron chi connectivity index (χ4n) is 1.36. The van der Waals surface area contributed by atoms with Gasteiger partial charge in [-0.15, -0.1) is 0 Å². The first-order valence-electron chi connectivity index (χ1n) is 4.99. The lowest BCUT2D eigenvalue weighted by atomic mass is 10.1. The number of methoxy groups -OCH3 is 1. The third-order valence-corrected chi connectivity index (χ3v) is 3.32. The van der Waals surface area contributed by atoms with Crippen molar-refractivity contribution in [3.63, 3.8) is 0 Å². The number of benzene rings is 1. The molecule has 0 aromatic heterocycles. The van der Waals surface area contributed by atoms with E-state index in [0.29, 0.717) is 6.42 Å². The normalized spacial score (nSPS) is 13.4. The predicted octanol–water partition coefficient (Wildman–Crippen LogP) is 1.13. The summed E-state index contributed by atoms with van der Waals surface area (Å²) in [5, 5.41) is 0. The van der Waals surface area contributed by atoms with Crippen LogP contribution in [-0.2, 0) is 9.84 Å². The SMILES string of the molecule is COc1ccc(C(N)CCS(C)(=O)=O)cc1. The van der Waals surface area contributed by atoms with Crippen molar-refractivity contribution in [3.8, 4) is 5.75 Å². The summed E-state index contributed by atoms with van der Waals surface area (Å²) in [7, 11) is -1.35. The minimum absolute atomic E-state index is 0.111. The predicted molar refractivity (Wildman–Crippen MR) is 64.3 cm³/mol. The smallest absolute Gasteiger partial charge is 0.147 e. The lowest BCUT2D eigenvalue weighted by Crippen LogP contribution is -2.15. The fraction of sp³-hybridized carbons (Fsp3) is 0.455. The minimum atomic E-state index is -2.94. The molecule has 4 nitrogen and oxygen atoms in total. The van der Waals surface area contributed by atoms with Gasteiger partial charge in [0.05, 0.1) is 12.9 Å². The summed E-state index contributed by atoms with van der Waals surface area (Å²) in [4.78, 5) is 0. The van der Waals surface area contributed by atoms with E-state index < -0.39 is 9.84 Å². The number of rotatable bonds is 5. The third-order valence-electron chi connectivity index (χ3n) is 2.34. The lowest BCUT2D eigenvalue weighted by molar-refractivity contribution is 0.414. The van der Waals surface area contributed by atoms with Crippen molar-refractivity contribution < 1.29 is 13.2 Å². The number of nitrogens with two attached hydrogens (primary N) is 1. The monoisotopic (exact) mass is 243 g/mol. The van der Waals surface area contributed by atoms with Crippen LogP contribution in [0.15, 0.2) is 24.3 Å². The maximum Gasteiger partial charge on any atom is 0.147 e. The molecule has 1 aromatic rings. The summed E-state index contributed by atoms with van der Waals surface area (Å²) in [6.45, 7) is 0. The topological polar surface area (TPSA) is 69.4 Å². The van der Waals surface area contributed by atoms with Gasteiger partial charge in [0.25, 0.3) is 0 Å². The van der Waals surface area contributed by atoms with Crippen molar-refractivity contribution in [1.82, 2.24) is 0 Å². The van der Waals surface area contributed by atoms with Crippen LogP contribution < -0.4 is 10.5 Å². The average Bonchev–Trinajstić information content (AvgIpc) is 2.25. The van der Waals surface area contributed by atoms with E-state index in [1.54, 1.807) is 7.11 Å². The molecule has 90 valence electrons. The molecule has 0 heterocycles. The van der Waals surface area contributed by atoms with E-state index in [2.05, 4.69) is 0 Å². The number of hydrogen-bond acceptors (Lipinski definition) is 4. The molecule has 0 aliphatic heterocycles. The van der Waals surface area contributed by atoms with Crippen LogP contribution in [0.25, 0.3) is 0 Å². The van der Waals surface area contributed by atoms with Gasteiger partial charge in [-0.2, -0.15) is 0 Å². The van der Waals surface area contributed by atoms with E-state index in [0.717, 1.165) is 11.3 Å². The van der Waals surface area contributed by atoms with Crippen LogP contribution in [-0.4, -0.2) is 27.5 Å². The van der Waals surface area contributed by atoms with Crippen molar-refractivity contribution in [2.24, 2.45) is 5.73 Å². The largest absolute Gasteiger partial charge is 0.497 e. The van der Waals surface area contributed by atoms with Gasteiger partial charge >= 0.3 is 0 Å². The maximum absolute atomic E-state index is 11.0. The number of ether oxygens (including phenoxy) is 1. The van der Waals surface area contributed by atoms with Crippen molar-refractivity contribution >= 4 is 9.84 Å². The second kappa shape index (κ2) is 5.32. The van der Waals surface area contributed by atoms with Crippen LogP contribution in [0.2, 0.25) is 0 Å². The Morgan fingerprint density at radius 1 is 1.31 bits per heavy atom. The van der Waals surface area contributed by atoms with Gasteiger partial charge < -0.3 is 10.5 Å². The first kappa shape index (κ1) is 13.0. The Bertz CT molecular complexity index is 425. The molecule has 0 fully saturated rings. The van der Waals surface area contributed by atoms with E-state index >= 15 is 0 Å². The summed E-state index contributed by atoms with van der Waals surface area (Å²) >= 11 is 0. The van der Waals surface area contributed by atoms with E-state index in [4.69, 9.17) is 10.5 Å². The Kier molecular flexibility index (Phi) is 4.32. The van der Waals surface area contributed by atoms with Crippen LogP contribution in [0, 0.1) is 0 Å². The van der Waals surface area contributed by atoms with Gasteiger partial charge in [-0.25, -0.2) is 8.42 Å². The highest BCUT2D eigenvalue weighted by Gasteiger charge is 2.10. The molecule has 1 rings (SSSR count). The Labute approximate surface area is 96.3 Å². The number of sulfone groups is 1. The first-order chi connectivity index (χ1) is 7.42. The Morgan fingerprint density at radius 2 is 1.88 bits per heavy atom. The van der Waals surface area contributed by atoms with Gasteiger partial charge in [0.1, 0.15) is 15.6 Å². The minimum Gasteiger partial charge on any atom is -0.497 e. The number of hydrogen-bond donors (Lipinski definition) is 1. The third kappa shape index (κ3) is 4.20. The van der Waals surface area contributed by atoms with Crippen LogP contribution in [0.4, 0.5) is 0 Å². The lowest BCUT2D eigenvalue weighted by Gasteiger charge is -2.11. The summed E-state index contributed by atoms with van der Waals surface area (Å²) < 4.78 is 27.0. The van der Waals surface area contributed by atoms with Gasteiger partial charge in [0.2, 0.25) is 0 Å². The zero-order valence-corrected chi connectivity index (χ0v) is 10.3. The molecule has 1 atom stereocenters. The van der Waals surface area contributed by atoms with Gasteiger partial charge in [-0.1, -0.05) is 12.1 Å². The highest BCUT2D eigenvalue weighted by molar-refractivity contribution is 7.90. The molecule has 0 saturated heterocycles. The molecule has 0 radical (unpaired) electrons. The van der Waals surface area contributed by atoms with Gasteiger partial charge in [0, 0.05) is 12.3 Å². The van der Waals surface area contributed by atoms with E-state index in [9.17, 15) is 8.42 Å². The molecule has 0 spiro atoms. The summed E-state index contributed by atoms with van der Waals surface area (Å²) in [6.07, 6.45) is 1.65. The fourth-order valence-corrected chi connectivity index (χ4v) is 2.04. The summed E-state index contributed by atoms with van der Waals surface area (Å²) in [5.41, 5.74) is 6.81. The quantitative estimate of drug-likeness (QED) is 0.841. The zero-order chi connectivity index (χ0) is 12.2. The second-order valence-corrected chi connectivity index (χ2v) is 6.06. The molecule has 0 amide bonds. The zero-order valence-electron chi connectivity index (χ0n) is 9.51. The maximum atomic E-state index is 11.0. The van der Waals surface area contributed by atoms with Crippen molar-refractivity contribution in [3.05, 3.63) is 29.8 Å². The molecule has 0 saturated carbocycles. The molecule has 2 N–H and O–H groups in total. The van der Waals surface area contributed by atoms with E-state index in [1.807, 2.05) is 24.3 Å². The van der Waals surface area contributed by atoms with E-state index in [-0.39, 0.29) is 11.8 Å².